The first kappa shape index (κ1) is 16.3. The van der Waals surface area contributed by atoms with Gasteiger partial charge < -0.3 is 4.57 Å². The van der Waals surface area contributed by atoms with E-state index >= 15 is 0 Å². The van der Waals surface area contributed by atoms with Gasteiger partial charge in [0.2, 0.25) is 0 Å². The zero-order chi connectivity index (χ0) is 17.4. The molecule has 2 aromatic heterocycles. The van der Waals surface area contributed by atoms with Crippen molar-refractivity contribution in [2.75, 3.05) is 0 Å². The molecular weight excluding hydrogens is 350 g/mol. The van der Waals surface area contributed by atoms with Crippen LogP contribution in [-0.2, 0) is 6.54 Å². The number of rotatable bonds is 4. The number of imidazole rings is 1. The number of fused-ring (bicyclic) bond motifs is 1. The molecule has 2 aromatic carbocycles. The lowest BCUT2D eigenvalue weighted by molar-refractivity contribution is 0.824. The summed E-state index contributed by atoms with van der Waals surface area (Å²) in [5, 5.41) is 2.69. The van der Waals surface area contributed by atoms with Gasteiger partial charge in [0.15, 0.2) is 5.82 Å². The summed E-state index contributed by atoms with van der Waals surface area (Å²) in [7, 11) is 0. The van der Waals surface area contributed by atoms with Crippen molar-refractivity contribution in [1.82, 2.24) is 14.5 Å². The summed E-state index contributed by atoms with van der Waals surface area (Å²) in [6.07, 6.45) is 0. The van der Waals surface area contributed by atoms with E-state index in [2.05, 4.69) is 53.7 Å². The highest BCUT2D eigenvalue weighted by molar-refractivity contribution is 7.07. The topological polar surface area (TPSA) is 30.7 Å². The van der Waals surface area contributed by atoms with Crippen LogP contribution in [0.4, 0.5) is 0 Å². The molecular formula is C20H18ClN3S. The minimum absolute atomic E-state index is 0.535. The smallest absolute Gasteiger partial charge is 0.161 e. The first-order chi connectivity index (χ1) is 12.1. The Kier molecular flexibility index (Phi) is 4.32. The van der Waals surface area contributed by atoms with Crippen LogP contribution in [0.25, 0.3) is 22.6 Å². The Balaban J connectivity index is 1.82. The predicted molar refractivity (Wildman–Crippen MR) is 105 cm³/mol. The molecule has 0 saturated heterocycles. The Hall–Kier alpha value is -2.17. The molecule has 4 rings (SSSR count). The lowest BCUT2D eigenvalue weighted by Crippen LogP contribution is -2.02. The van der Waals surface area contributed by atoms with Crippen LogP contribution in [0, 0.1) is 0 Å². The average molecular weight is 368 g/mol. The summed E-state index contributed by atoms with van der Waals surface area (Å²) in [5.41, 5.74) is 7.16. The fourth-order valence-electron chi connectivity index (χ4n) is 2.98. The van der Waals surface area contributed by atoms with Crippen LogP contribution in [0.5, 0.6) is 0 Å². The molecule has 0 aliphatic carbocycles. The van der Waals surface area contributed by atoms with E-state index in [1.807, 2.05) is 23.0 Å². The lowest BCUT2D eigenvalue weighted by Gasteiger charge is -2.10. The van der Waals surface area contributed by atoms with Crippen molar-refractivity contribution in [1.29, 1.82) is 0 Å². The van der Waals surface area contributed by atoms with Gasteiger partial charge in [0.1, 0.15) is 11.2 Å². The molecule has 0 aliphatic rings. The van der Waals surface area contributed by atoms with Crippen LogP contribution in [0.2, 0.25) is 5.02 Å². The second-order valence-electron chi connectivity index (χ2n) is 6.40. The van der Waals surface area contributed by atoms with Crippen LogP contribution in [0.1, 0.15) is 30.9 Å². The van der Waals surface area contributed by atoms with Gasteiger partial charge in [-0.15, -0.1) is 11.3 Å². The van der Waals surface area contributed by atoms with E-state index in [0.29, 0.717) is 10.9 Å². The molecule has 0 saturated carbocycles. The highest BCUT2D eigenvalue weighted by atomic mass is 35.5. The van der Waals surface area contributed by atoms with Gasteiger partial charge in [0.05, 0.1) is 16.0 Å². The van der Waals surface area contributed by atoms with Gasteiger partial charge in [-0.2, -0.15) is 0 Å². The number of halogens is 1. The maximum Gasteiger partial charge on any atom is 0.161 e. The number of nitrogens with zero attached hydrogens (tertiary/aromatic N) is 3. The lowest BCUT2D eigenvalue weighted by atomic mass is 10.0. The Bertz CT molecular complexity index is 1000. The van der Waals surface area contributed by atoms with Crippen LogP contribution in [-0.4, -0.2) is 14.5 Å². The van der Waals surface area contributed by atoms with E-state index in [1.54, 1.807) is 11.3 Å². The summed E-state index contributed by atoms with van der Waals surface area (Å²) in [6.45, 7) is 5.16. The zero-order valence-corrected chi connectivity index (χ0v) is 15.7. The number of hydrogen-bond acceptors (Lipinski definition) is 3. The second-order valence-corrected chi connectivity index (χ2v) is 7.52. The Morgan fingerprint density at radius 1 is 1.12 bits per heavy atom. The first-order valence-electron chi connectivity index (χ1n) is 8.25. The van der Waals surface area contributed by atoms with E-state index in [9.17, 15) is 0 Å². The molecule has 0 bridgehead atoms. The molecule has 0 aliphatic heterocycles. The van der Waals surface area contributed by atoms with Gasteiger partial charge in [-0.25, -0.2) is 9.97 Å². The second kappa shape index (κ2) is 6.62. The van der Waals surface area contributed by atoms with Crippen molar-refractivity contribution in [2.24, 2.45) is 0 Å². The highest BCUT2D eigenvalue weighted by Gasteiger charge is 2.16. The third kappa shape index (κ3) is 3.08. The van der Waals surface area contributed by atoms with Crippen LogP contribution >= 0.6 is 22.9 Å². The molecule has 0 unspecified atom stereocenters. The summed E-state index contributed by atoms with van der Waals surface area (Å²) in [4.78, 5) is 9.21. The molecule has 3 nitrogen and oxygen atoms in total. The summed E-state index contributed by atoms with van der Waals surface area (Å²) in [6, 6.07) is 14.7. The van der Waals surface area contributed by atoms with Gasteiger partial charge in [-0.3, -0.25) is 0 Å². The molecule has 2 heterocycles. The molecule has 0 amide bonds. The maximum absolute atomic E-state index is 6.37. The Morgan fingerprint density at radius 3 is 2.60 bits per heavy atom. The summed E-state index contributed by atoms with van der Waals surface area (Å²) < 4.78 is 2.20. The number of aromatic nitrogens is 3. The molecule has 126 valence electrons. The molecule has 0 atom stereocenters. The van der Waals surface area contributed by atoms with Gasteiger partial charge in [0, 0.05) is 11.9 Å². The molecule has 0 spiro atoms. The minimum Gasteiger partial charge on any atom is -0.318 e. The monoisotopic (exact) mass is 367 g/mol. The van der Waals surface area contributed by atoms with Gasteiger partial charge in [0.25, 0.3) is 0 Å². The number of benzene rings is 2. The maximum atomic E-state index is 6.37. The number of hydrogen-bond donors (Lipinski definition) is 0. The normalized spacial score (nSPS) is 11.5. The Morgan fingerprint density at radius 2 is 1.92 bits per heavy atom. The number of para-hydroxylation sites is 1. The third-order valence-electron chi connectivity index (χ3n) is 4.38. The highest BCUT2D eigenvalue weighted by Crippen LogP contribution is 2.30. The van der Waals surface area contributed by atoms with Crippen LogP contribution in [0.15, 0.2) is 53.4 Å². The summed E-state index contributed by atoms with van der Waals surface area (Å²) in [5.74, 6) is 1.39. The molecule has 4 aromatic rings. The predicted octanol–water partition coefficient (Wildman–Crippen LogP) is 5.98. The van der Waals surface area contributed by atoms with Crippen molar-refractivity contribution in [3.05, 3.63) is 69.5 Å². The van der Waals surface area contributed by atoms with Crippen LogP contribution in [0.3, 0.4) is 0 Å². The Labute approximate surface area is 155 Å². The van der Waals surface area contributed by atoms with E-state index in [1.165, 1.54) is 11.1 Å². The van der Waals surface area contributed by atoms with E-state index in [4.69, 9.17) is 16.6 Å². The zero-order valence-electron chi connectivity index (χ0n) is 14.1. The third-order valence-corrected chi connectivity index (χ3v) is 5.27. The molecule has 0 N–H and O–H groups in total. The van der Waals surface area contributed by atoms with E-state index in [-0.39, 0.29) is 0 Å². The fourth-order valence-corrected chi connectivity index (χ4v) is 3.72. The van der Waals surface area contributed by atoms with Gasteiger partial charge in [-0.1, -0.05) is 55.8 Å². The van der Waals surface area contributed by atoms with Crippen molar-refractivity contribution in [3.8, 4) is 11.5 Å². The molecule has 25 heavy (non-hydrogen) atoms. The van der Waals surface area contributed by atoms with Crippen molar-refractivity contribution >= 4 is 34.0 Å². The van der Waals surface area contributed by atoms with E-state index in [0.717, 1.165) is 29.1 Å². The van der Waals surface area contributed by atoms with Crippen LogP contribution < -0.4 is 0 Å². The van der Waals surface area contributed by atoms with Gasteiger partial charge >= 0.3 is 0 Å². The van der Waals surface area contributed by atoms with Crippen molar-refractivity contribution in [3.63, 3.8) is 0 Å². The summed E-state index contributed by atoms with van der Waals surface area (Å²) >= 11 is 7.94. The molecule has 0 radical (unpaired) electrons. The largest absolute Gasteiger partial charge is 0.318 e. The van der Waals surface area contributed by atoms with Gasteiger partial charge in [-0.05, 0) is 29.2 Å². The standard InChI is InChI=1S/C20H18ClN3S/c1-13(2)15-8-6-14(7-9-15)10-24-18-5-3-4-16(21)19(18)23-20(24)17-11-25-12-22-17/h3-9,11-13H,10H2,1-2H3. The minimum atomic E-state index is 0.535. The quantitative estimate of drug-likeness (QED) is 0.444. The van der Waals surface area contributed by atoms with Crippen molar-refractivity contribution in [2.45, 2.75) is 26.3 Å². The first-order valence-corrected chi connectivity index (χ1v) is 9.57. The molecule has 0 fully saturated rings. The SMILES string of the molecule is CC(C)c1ccc(Cn2c(-c3cscn3)nc3c(Cl)cccc32)cc1. The average Bonchev–Trinajstić information content (AvgIpc) is 3.24. The molecule has 5 heteroatoms. The number of thiazole rings is 1. The fraction of sp³-hybridized carbons (Fsp3) is 0.200. The van der Waals surface area contributed by atoms with E-state index < -0.39 is 0 Å². The van der Waals surface area contributed by atoms with Crippen molar-refractivity contribution < 1.29 is 0 Å².